The molecule has 31 heavy (non-hydrogen) atoms. The maximum absolute atomic E-state index is 13.7. The molecule has 0 radical (unpaired) electrons. The zero-order valence-corrected chi connectivity index (χ0v) is 16.2. The molecule has 1 amide bonds. The second-order valence-electron chi connectivity index (χ2n) is 6.60. The lowest BCUT2D eigenvalue weighted by atomic mass is 10.1. The minimum Gasteiger partial charge on any atom is -0.406 e. The molecule has 0 aliphatic heterocycles. The molecule has 0 unspecified atom stereocenters. The lowest BCUT2D eigenvalue weighted by molar-refractivity contribution is -0.274. The van der Waals surface area contributed by atoms with Gasteiger partial charge in [-0.15, -0.1) is 13.2 Å². The Morgan fingerprint density at radius 3 is 2.42 bits per heavy atom. The van der Waals surface area contributed by atoms with E-state index in [1.54, 1.807) is 13.0 Å². The van der Waals surface area contributed by atoms with Crippen molar-refractivity contribution in [2.24, 2.45) is 0 Å². The topological polar surface area (TPSA) is 84.3 Å². The molecule has 0 saturated carbocycles. The van der Waals surface area contributed by atoms with E-state index in [0.717, 1.165) is 12.1 Å². The molecule has 162 valence electrons. The van der Waals surface area contributed by atoms with Crippen LogP contribution in [-0.2, 0) is 0 Å². The third-order valence-electron chi connectivity index (χ3n) is 4.08. The first-order valence-electron chi connectivity index (χ1n) is 9.07. The van der Waals surface area contributed by atoms with Crippen LogP contribution in [0.2, 0.25) is 0 Å². The monoisotopic (exact) mass is 435 g/mol. The van der Waals surface area contributed by atoms with Crippen LogP contribution < -0.4 is 10.1 Å². The van der Waals surface area contributed by atoms with Crippen molar-refractivity contribution in [3.8, 4) is 28.4 Å². The van der Waals surface area contributed by atoms with Gasteiger partial charge in [0.25, 0.3) is 5.91 Å². The maximum Gasteiger partial charge on any atom is 0.573 e. The zero-order valence-electron chi connectivity index (χ0n) is 16.2. The number of nitrogens with one attached hydrogen (secondary N) is 1. The van der Waals surface area contributed by atoms with Crippen molar-refractivity contribution in [2.45, 2.75) is 19.3 Å². The first-order valence-corrected chi connectivity index (χ1v) is 9.07. The highest BCUT2D eigenvalue weighted by Gasteiger charge is 2.31. The number of carbonyl (C=O) groups excluding carboxylic acids is 1. The van der Waals surface area contributed by atoms with Crippen LogP contribution in [0.25, 0.3) is 22.6 Å². The summed E-state index contributed by atoms with van der Waals surface area (Å²) in [6.07, 6.45) is -4.82. The third kappa shape index (κ3) is 5.98. The van der Waals surface area contributed by atoms with Crippen LogP contribution in [-0.4, -0.2) is 40.0 Å². The number of aliphatic hydroxyl groups is 1. The molecule has 0 spiro atoms. The number of alkyl halides is 3. The molecule has 6 nitrogen and oxygen atoms in total. The summed E-state index contributed by atoms with van der Waals surface area (Å²) in [6, 6.07) is 11.2. The van der Waals surface area contributed by atoms with Gasteiger partial charge in [0.15, 0.2) is 5.82 Å². The Bertz CT molecular complexity index is 1070. The van der Waals surface area contributed by atoms with Crippen LogP contribution >= 0.6 is 0 Å². The van der Waals surface area contributed by atoms with Crippen molar-refractivity contribution in [3.63, 3.8) is 0 Å². The predicted molar refractivity (Wildman–Crippen MR) is 104 cm³/mol. The summed E-state index contributed by atoms with van der Waals surface area (Å²) < 4.78 is 54.7. The average Bonchev–Trinajstić information content (AvgIpc) is 2.72. The first kappa shape index (κ1) is 22.2. The predicted octanol–water partition coefficient (Wildman–Crippen LogP) is 3.96. The SMILES string of the molecule is C[C@@H](CO)NC(=O)c1cc(-c2ccc(OC(F)(F)F)cc2)nc(-c2cccc(F)c2)n1. The molecule has 2 N–H and O–H groups in total. The number of carbonyl (C=O) groups is 1. The van der Waals surface area contributed by atoms with Gasteiger partial charge in [-0.1, -0.05) is 12.1 Å². The molecule has 0 aliphatic carbocycles. The number of aliphatic hydroxyl groups excluding tert-OH is 1. The van der Waals surface area contributed by atoms with Gasteiger partial charge in [0.1, 0.15) is 17.3 Å². The summed E-state index contributed by atoms with van der Waals surface area (Å²) >= 11 is 0. The molecule has 0 bridgehead atoms. The summed E-state index contributed by atoms with van der Waals surface area (Å²) in [5.74, 6) is -1.49. The fourth-order valence-corrected chi connectivity index (χ4v) is 2.64. The molecular formula is C21H17F4N3O3. The fraction of sp³-hybridized carbons (Fsp3) is 0.190. The van der Waals surface area contributed by atoms with Gasteiger partial charge >= 0.3 is 6.36 Å². The van der Waals surface area contributed by atoms with E-state index in [1.165, 1.54) is 36.4 Å². The van der Waals surface area contributed by atoms with E-state index >= 15 is 0 Å². The Labute approximate surface area is 174 Å². The van der Waals surface area contributed by atoms with Gasteiger partial charge in [-0.25, -0.2) is 14.4 Å². The quantitative estimate of drug-likeness (QED) is 0.573. The molecule has 10 heteroatoms. The molecule has 0 saturated heterocycles. The number of hydrogen-bond acceptors (Lipinski definition) is 5. The lowest BCUT2D eigenvalue weighted by Gasteiger charge is -2.13. The van der Waals surface area contributed by atoms with Gasteiger partial charge in [-0.05, 0) is 49.4 Å². The smallest absolute Gasteiger partial charge is 0.406 e. The van der Waals surface area contributed by atoms with Crippen LogP contribution in [0.5, 0.6) is 5.75 Å². The molecule has 3 rings (SSSR count). The minimum absolute atomic E-state index is 0.0504. The Hall–Kier alpha value is -3.53. The number of amides is 1. The van der Waals surface area contributed by atoms with Crippen LogP contribution in [0.4, 0.5) is 17.6 Å². The second-order valence-corrected chi connectivity index (χ2v) is 6.60. The van der Waals surface area contributed by atoms with E-state index < -0.39 is 29.9 Å². The van der Waals surface area contributed by atoms with Crippen LogP contribution in [0, 0.1) is 5.82 Å². The third-order valence-corrected chi connectivity index (χ3v) is 4.08. The standard InChI is InChI=1S/C21H17F4N3O3/c1-12(11-29)26-20(30)18-10-17(13-5-7-16(8-6-13)31-21(23,24)25)27-19(28-18)14-3-2-4-15(22)9-14/h2-10,12,29H,11H2,1H3,(H,26,30)/t12-/m0/s1. The van der Waals surface area contributed by atoms with E-state index in [0.29, 0.717) is 11.1 Å². The summed E-state index contributed by atoms with van der Waals surface area (Å²) in [4.78, 5) is 21.0. The van der Waals surface area contributed by atoms with E-state index in [4.69, 9.17) is 5.11 Å². The maximum atomic E-state index is 13.7. The van der Waals surface area contributed by atoms with Gasteiger partial charge in [0.2, 0.25) is 0 Å². The van der Waals surface area contributed by atoms with E-state index in [2.05, 4.69) is 20.0 Å². The van der Waals surface area contributed by atoms with Gasteiger partial charge in [0, 0.05) is 17.2 Å². The van der Waals surface area contributed by atoms with E-state index in [9.17, 15) is 22.4 Å². The summed E-state index contributed by atoms with van der Waals surface area (Å²) in [5.41, 5.74) is 0.872. The van der Waals surface area contributed by atoms with Crippen molar-refractivity contribution in [3.05, 3.63) is 66.1 Å². The van der Waals surface area contributed by atoms with Crippen molar-refractivity contribution in [2.75, 3.05) is 6.61 Å². The van der Waals surface area contributed by atoms with Crippen LogP contribution in [0.3, 0.4) is 0 Å². The molecule has 0 aliphatic rings. The summed E-state index contributed by atoms with van der Waals surface area (Å²) in [6.45, 7) is 1.30. The van der Waals surface area contributed by atoms with E-state index in [-0.39, 0.29) is 23.8 Å². The highest BCUT2D eigenvalue weighted by Crippen LogP contribution is 2.27. The number of hydrogen-bond donors (Lipinski definition) is 2. The van der Waals surface area contributed by atoms with Gasteiger partial charge in [-0.3, -0.25) is 4.79 Å². The number of ether oxygens (including phenoxy) is 1. The van der Waals surface area contributed by atoms with Gasteiger partial charge < -0.3 is 15.2 Å². The molecule has 0 fully saturated rings. The van der Waals surface area contributed by atoms with Gasteiger partial charge in [-0.2, -0.15) is 0 Å². The normalized spacial score (nSPS) is 12.3. The van der Waals surface area contributed by atoms with Crippen LogP contribution in [0.1, 0.15) is 17.4 Å². The van der Waals surface area contributed by atoms with Crippen molar-refractivity contribution in [1.82, 2.24) is 15.3 Å². The number of halogens is 4. The van der Waals surface area contributed by atoms with Crippen LogP contribution in [0.15, 0.2) is 54.6 Å². The zero-order chi connectivity index (χ0) is 22.6. The highest BCUT2D eigenvalue weighted by atomic mass is 19.4. The van der Waals surface area contributed by atoms with Crippen molar-refractivity contribution >= 4 is 5.91 Å². The Morgan fingerprint density at radius 1 is 1.10 bits per heavy atom. The molecule has 1 aromatic heterocycles. The first-order chi connectivity index (χ1) is 14.6. The van der Waals surface area contributed by atoms with Gasteiger partial charge in [0.05, 0.1) is 12.3 Å². The van der Waals surface area contributed by atoms with E-state index in [1.807, 2.05) is 0 Å². The Kier molecular flexibility index (Phi) is 6.50. The molecule has 1 heterocycles. The second kappa shape index (κ2) is 9.09. The van der Waals surface area contributed by atoms with Crippen molar-refractivity contribution < 1.29 is 32.2 Å². The highest BCUT2D eigenvalue weighted by molar-refractivity contribution is 5.94. The summed E-state index contributed by atoms with van der Waals surface area (Å²) in [5, 5.41) is 11.7. The number of rotatable bonds is 6. The number of aromatic nitrogens is 2. The number of nitrogens with zero attached hydrogens (tertiary/aromatic N) is 2. The molecule has 3 aromatic rings. The molecule has 1 atom stereocenters. The minimum atomic E-state index is -4.82. The molecular weight excluding hydrogens is 418 g/mol. The largest absolute Gasteiger partial charge is 0.573 e. The fourth-order valence-electron chi connectivity index (χ4n) is 2.64. The summed E-state index contributed by atoms with van der Waals surface area (Å²) in [7, 11) is 0. The molecule has 2 aromatic carbocycles. The van der Waals surface area contributed by atoms with Crippen molar-refractivity contribution in [1.29, 1.82) is 0 Å². The average molecular weight is 435 g/mol. The Morgan fingerprint density at radius 2 is 1.81 bits per heavy atom. The Balaban J connectivity index is 2.03. The number of benzene rings is 2. The lowest BCUT2D eigenvalue weighted by Crippen LogP contribution is -2.35.